The van der Waals surface area contributed by atoms with Crippen LogP contribution in [0.5, 0.6) is 0 Å². The standard InChI is InChI=1S/C10H12N4/c1-7-5-9(11)13-10(12-7)8-3-4-14(2)6-8/h3-6H,1-2H3,(H2,11,12,13). The minimum Gasteiger partial charge on any atom is -0.384 e. The molecule has 0 aliphatic carbocycles. The summed E-state index contributed by atoms with van der Waals surface area (Å²) >= 11 is 0. The predicted octanol–water partition coefficient (Wildman–Crippen LogP) is 1.37. The highest BCUT2D eigenvalue weighted by molar-refractivity contribution is 5.55. The molecule has 0 aromatic carbocycles. The molecule has 0 spiro atoms. The van der Waals surface area contributed by atoms with E-state index < -0.39 is 0 Å². The third kappa shape index (κ3) is 1.59. The van der Waals surface area contributed by atoms with E-state index in [9.17, 15) is 0 Å². The van der Waals surface area contributed by atoms with Gasteiger partial charge in [0.1, 0.15) is 5.82 Å². The Morgan fingerprint density at radius 1 is 1.36 bits per heavy atom. The van der Waals surface area contributed by atoms with Gasteiger partial charge in [0.2, 0.25) is 0 Å². The van der Waals surface area contributed by atoms with Gasteiger partial charge in [-0.25, -0.2) is 9.97 Å². The zero-order valence-corrected chi connectivity index (χ0v) is 8.23. The smallest absolute Gasteiger partial charge is 0.163 e. The second-order valence-electron chi connectivity index (χ2n) is 3.32. The molecule has 0 amide bonds. The molecular formula is C10H12N4. The molecule has 0 fully saturated rings. The van der Waals surface area contributed by atoms with Crippen molar-refractivity contribution >= 4 is 5.82 Å². The summed E-state index contributed by atoms with van der Waals surface area (Å²) < 4.78 is 1.96. The molecule has 2 rings (SSSR count). The molecule has 0 saturated heterocycles. The minimum absolute atomic E-state index is 0.511. The largest absolute Gasteiger partial charge is 0.384 e. The molecule has 2 heterocycles. The molecule has 0 atom stereocenters. The van der Waals surface area contributed by atoms with Crippen molar-refractivity contribution in [2.45, 2.75) is 6.92 Å². The number of hydrogen-bond acceptors (Lipinski definition) is 3. The number of hydrogen-bond donors (Lipinski definition) is 1. The SMILES string of the molecule is Cc1cc(N)nc(-c2ccn(C)c2)n1. The first-order chi connectivity index (χ1) is 6.65. The number of rotatable bonds is 1. The number of nitrogens with two attached hydrogens (primary N) is 1. The van der Waals surface area contributed by atoms with Crippen molar-refractivity contribution in [3.63, 3.8) is 0 Å². The average Bonchev–Trinajstić information content (AvgIpc) is 2.50. The first kappa shape index (κ1) is 8.74. The van der Waals surface area contributed by atoms with Gasteiger partial charge in [-0.2, -0.15) is 0 Å². The number of anilines is 1. The molecule has 0 aliphatic rings. The van der Waals surface area contributed by atoms with Crippen LogP contribution < -0.4 is 5.73 Å². The fraction of sp³-hybridized carbons (Fsp3) is 0.200. The number of aromatic nitrogens is 3. The zero-order chi connectivity index (χ0) is 10.1. The summed E-state index contributed by atoms with van der Waals surface area (Å²) in [6.07, 6.45) is 3.92. The van der Waals surface area contributed by atoms with Gasteiger partial charge in [0.25, 0.3) is 0 Å². The van der Waals surface area contributed by atoms with E-state index in [1.54, 1.807) is 6.07 Å². The van der Waals surface area contributed by atoms with Crippen LogP contribution in [0, 0.1) is 6.92 Å². The van der Waals surface area contributed by atoms with Crippen molar-refractivity contribution < 1.29 is 0 Å². The Hall–Kier alpha value is -1.84. The second-order valence-corrected chi connectivity index (χ2v) is 3.32. The molecular weight excluding hydrogens is 176 g/mol. The van der Waals surface area contributed by atoms with Crippen molar-refractivity contribution in [2.24, 2.45) is 7.05 Å². The summed E-state index contributed by atoms with van der Waals surface area (Å²) in [5.41, 5.74) is 7.52. The first-order valence-corrected chi connectivity index (χ1v) is 4.38. The Morgan fingerprint density at radius 3 is 2.71 bits per heavy atom. The van der Waals surface area contributed by atoms with E-state index in [4.69, 9.17) is 5.73 Å². The molecule has 4 nitrogen and oxygen atoms in total. The fourth-order valence-corrected chi connectivity index (χ4v) is 1.36. The molecule has 0 radical (unpaired) electrons. The van der Waals surface area contributed by atoms with Crippen LogP contribution in [-0.2, 0) is 7.05 Å². The quantitative estimate of drug-likeness (QED) is 0.735. The summed E-state index contributed by atoms with van der Waals surface area (Å²) in [7, 11) is 1.96. The van der Waals surface area contributed by atoms with Gasteiger partial charge in [-0.15, -0.1) is 0 Å². The Labute approximate surface area is 82.4 Å². The Kier molecular flexibility index (Phi) is 1.96. The van der Waals surface area contributed by atoms with Crippen molar-refractivity contribution in [2.75, 3.05) is 5.73 Å². The van der Waals surface area contributed by atoms with Gasteiger partial charge in [-0.1, -0.05) is 0 Å². The summed E-state index contributed by atoms with van der Waals surface area (Å²) in [6.45, 7) is 1.91. The summed E-state index contributed by atoms with van der Waals surface area (Å²) in [4.78, 5) is 8.48. The van der Waals surface area contributed by atoms with Crippen molar-refractivity contribution in [3.8, 4) is 11.4 Å². The Bertz CT molecular complexity index is 439. The summed E-state index contributed by atoms with van der Waals surface area (Å²) in [5, 5.41) is 0. The number of nitrogens with zero attached hydrogens (tertiary/aromatic N) is 3. The highest BCUT2D eigenvalue weighted by atomic mass is 15.0. The molecule has 2 N–H and O–H groups in total. The lowest BCUT2D eigenvalue weighted by Crippen LogP contribution is -1.96. The van der Waals surface area contributed by atoms with Crippen LogP contribution in [-0.4, -0.2) is 14.5 Å². The highest BCUT2D eigenvalue weighted by Gasteiger charge is 2.03. The molecule has 14 heavy (non-hydrogen) atoms. The van der Waals surface area contributed by atoms with E-state index in [-0.39, 0.29) is 0 Å². The van der Waals surface area contributed by atoms with E-state index in [1.807, 2.05) is 37.0 Å². The normalized spacial score (nSPS) is 10.4. The van der Waals surface area contributed by atoms with E-state index >= 15 is 0 Å². The van der Waals surface area contributed by atoms with Gasteiger partial charge in [0, 0.05) is 36.8 Å². The van der Waals surface area contributed by atoms with Gasteiger partial charge in [0.05, 0.1) is 0 Å². The summed E-state index contributed by atoms with van der Waals surface area (Å²) in [5.74, 6) is 1.19. The Balaban J connectivity index is 2.51. The predicted molar refractivity (Wildman–Crippen MR) is 55.6 cm³/mol. The van der Waals surface area contributed by atoms with Gasteiger partial charge in [0.15, 0.2) is 5.82 Å². The fourth-order valence-electron chi connectivity index (χ4n) is 1.36. The monoisotopic (exact) mass is 188 g/mol. The van der Waals surface area contributed by atoms with E-state index in [0.29, 0.717) is 11.6 Å². The molecule has 4 heteroatoms. The number of nitrogen functional groups attached to an aromatic ring is 1. The lowest BCUT2D eigenvalue weighted by molar-refractivity contribution is 0.927. The van der Waals surface area contributed by atoms with Crippen LogP contribution >= 0.6 is 0 Å². The maximum absolute atomic E-state index is 5.65. The van der Waals surface area contributed by atoms with Crippen LogP contribution in [0.15, 0.2) is 24.5 Å². The van der Waals surface area contributed by atoms with Gasteiger partial charge in [-0.05, 0) is 13.0 Å². The molecule has 72 valence electrons. The van der Waals surface area contributed by atoms with Gasteiger partial charge in [-0.3, -0.25) is 0 Å². The summed E-state index contributed by atoms with van der Waals surface area (Å²) in [6, 6.07) is 3.72. The number of aryl methyl sites for hydroxylation is 2. The van der Waals surface area contributed by atoms with Crippen molar-refractivity contribution in [1.29, 1.82) is 0 Å². The Morgan fingerprint density at radius 2 is 2.14 bits per heavy atom. The molecule has 0 saturated carbocycles. The van der Waals surface area contributed by atoms with E-state index in [2.05, 4.69) is 9.97 Å². The first-order valence-electron chi connectivity index (χ1n) is 4.38. The van der Waals surface area contributed by atoms with Crippen LogP contribution in [0.2, 0.25) is 0 Å². The minimum atomic E-state index is 0.511. The third-order valence-corrected chi connectivity index (χ3v) is 1.96. The van der Waals surface area contributed by atoms with Crippen LogP contribution in [0.4, 0.5) is 5.82 Å². The van der Waals surface area contributed by atoms with Crippen LogP contribution in [0.25, 0.3) is 11.4 Å². The molecule has 2 aromatic heterocycles. The van der Waals surface area contributed by atoms with Gasteiger partial charge < -0.3 is 10.3 Å². The van der Waals surface area contributed by atoms with Crippen molar-refractivity contribution in [3.05, 3.63) is 30.2 Å². The average molecular weight is 188 g/mol. The van der Waals surface area contributed by atoms with Gasteiger partial charge >= 0.3 is 0 Å². The zero-order valence-electron chi connectivity index (χ0n) is 8.23. The highest BCUT2D eigenvalue weighted by Crippen LogP contribution is 2.16. The molecule has 0 bridgehead atoms. The third-order valence-electron chi connectivity index (χ3n) is 1.96. The molecule has 0 aliphatic heterocycles. The maximum Gasteiger partial charge on any atom is 0.163 e. The lowest BCUT2D eigenvalue weighted by Gasteiger charge is -2.00. The topological polar surface area (TPSA) is 56.7 Å². The van der Waals surface area contributed by atoms with E-state index in [1.165, 1.54) is 0 Å². The van der Waals surface area contributed by atoms with Crippen LogP contribution in [0.1, 0.15) is 5.69 Å². The molecule has 2 aromatic rings. The van der Waals surface area contributed by atoms with E-state index in [0.717, 1.165) is 11.3 Å². The lowest BCUT2D eigenvalue weighted by atomic mass is 10.3. The van der Waals surface area contributed by atoms with Crippen LogP contribution in [0.3, 0.4) is 0 Å². The second kappa shape index (κ2) is 3.14. The van der Waals surface area contributed by atoms with Crippen molar-refractivity contribution in [1.82, 2.24) is 14.5 Å². The maximum atomic E-state index is 5.65. The molecule has 0 unspecified atom stereocenters.